The summed E-state index contributed by atoms with van der Waals surface area (Å²) < 4.78 is 10.7. The minimum Gasteiger partial charge on any atom is -0.497 e. The number of methoxy groups -OCH3 is 1. The molecule has 0 saturated carbocycles. The first kappa shape index (κ1) is 21.0. The number of carbonyl (C=O) groups is 1. The highest BCUT2D eigenvalue weighted by molar-refractivity contribution is 5.65. The van der Waals surface area contributed by atoms with Gasteiger partial charge in [0.25, 0.3) is 0 Å². The van der Waals surface area contributed by atoms with E-state index < -0.39 is 6.09 Å². The minimum absolute atomic E-state index is 0.326. The molecule has 3 unspecified atom stereocenters. The van der Waals surface area contributed by atoms with E-state index in [1.54, 1.807) is 7.11 Å². The lowest BCUT2D eigenvalue weighted by molar-refractivity contribution is 0.0720. The standard InChI is InChI=1S/C23H31N3O3/c1-17-15-25(20-9-11-21(28-3)12-10-20)16-18(2)26(17)14-13-22(29-23(24)27)19-7-5-4-6-8-19/h4-12,17-18,22H,13-16H2,1-3H3,(H2,24,27). The molecule has 29 heavy (non-hydrogen) atoms. The van der Waals surface area contributed by atoms with Gasteiger partial charge in [0.05, 0.1) is 7.11 Å². The van der Waals surface area contributed by atoms with Gasteiger partial charge in [-0.15, -0.1) is 0 Å². The predicted molar refractivity (Wildman–Crippen MR) is 115 cm³/mol. The fraction of sp³-hybridized carbons (Fsp3) is 0.435. The van der Waals surface area contributed by atoms with Crippen LogP contribution in [0.2, 0.25) is 0 Å². The highest BCUT2D eigenvalue weighted by Crippen LogP contribution is 2.27. The predicted octanol–water partition coefficient (Wildman–Crippen LogP) is 3.82. The van der Waals surface area contributed by atoms with Crippen LogP contribution in [0, 0.1) is 0 Å². The first-order valence-corrected chi connectivity index (χ1v) is 10.1. The number of primary amides is 1. The molecule has 3 atom stereocenters. The van der Waals surface area contributed by atoms with E-state index in [4.69, 9.17) is 15.2 Å². The second-order valence-corrected chi connectivity index (χ2v) is 7.66. The van der Waals surface area contributed by atoms with E-state index in [1.165, 1.54) is 5.69 Å². The van der Waals surface area contributed by atoms with Crippen molar-refractivity contribution in [2.24, 2.45) is 5.73 Å². The molecule has 6 nitrogen and oxygen atoms in total. The Bertz CT molecular complexity index is 770. The zero-order valence-electron chi connectivity index (χ0n) is 17.5. The van der Waals surface area contributed by atoms with Crippen LogP contribution in [0.15, 0.2) is 54.6 Å². The van der Waals surface area contributed by atoms with E-state index in [-0.39, 0.29) is 6.10 Å². The number of hydrogen-bond acceptors (Lipinski definition) is 5. The summed E-state index contributed by atoms with van der Waals surface area (Å²) in [5.41, 5.74) is 7.49. The van der Waals surface area contributed by atoms with E-state index in [9.17, 15) is 4.79 Å². The Labute approximate surface area is 173 Å². The van der Waals surface area contributed by atoms with Crippen LogP contribution in [0.25, 0.3) is 0 Å². The van der Waals surface area contributed by atoms with Gasteiger partial charge in [0.2, 0.25) is 0 Å². The van der Waals surface area contributed by atoms with Crippen molar-refractivity contribution in [2.45, 2.75) is 38.5 Å². The van der Waals surface area contributed by atoms with Crippen LogP contribution in [0.5, 0.6) is 5.75 Å². The van der Waals surface area contributed by atoms with Crippen molar-refractivity contribution < 1.29 is 14.3 Å². The zero-order chi connectivity index (χ0) is 20.8. The average Bonchev–Trinajstić information content (AvgIpc) is 2.72. The summed E-state index contributed by atoms with van der Waals surface area (Å²) in [6.07, 6.45) is -0.346. The third-order valence-electron chi connectivity index (χ3n) is 5.62. The van der Waals surface area contributed by atoms with Gasteiger partial charge in [0.1, 0.15) is 11.9 Å². The van der Waals surface area contributed by atoms with Crippen LogP contribution in [0.4, 0.5) is 10.5 Å². The van der Waals surface area contributed by atoms with Gasteiger partial charge in [-0.1, -0.05) is 30.3 Å². The fourth-order valence-corrected chi connectivity index (χ4v) is 4.17. The fourth-order valence-electron chi connectivity index (χ4n) is 4.17. The summed E-state index contributed by atoms with van der Waals surface area (Å²) >= 11 is 0. The van der Waals surface area contributed by atoms with Crippen LogP contribution in [-0.4, -0.2) is 49.8 Å². The lowest BCUT2D eigenvalue weighted by atomic mass is 10.0. The van der Waals surface area contributed by atoms with Crippen molar-refractivity contribution >= 4 is 11.8 Å². The number of carbonyl (C=O) groups excluding carboxylic acids is 1. The van der Waals surface area contributed by atoms with Gasteiger partial charge in [0.15, 0.2) is 0 Å². The summed E-state index contributed by atoms with van der Waals surface area (Å²) in [5, 5.41) is 0. The third kappa shape index (κ3) is 5.41. The molecule has 2 aromatic carbocycles. The van der Waals surface area contributed by atoms with Gasteiger partial charge < -0.3 is 20.1 Å². The number of rotatable bonds is 7. The van der Waals surface area contributed by atoms with E-state index in [2.05, 4.69) is 35.8 Å². The SMILES string of the molecule is COc1ccc(N2CC(C)N(CCC(OC(N)=O)c3ccccc3)C(C)C2)cc1. The first-order chi connectivity index (χ1) is 14.0. The highest BCUT2D eigenvalue weighted by Gasteiger charge is 2.30. The highest BCUT2D eigenvalue weighted by atomic mass is 16.6. The Hall–Kier alpha value is -2.73. The molecule has 0 bridgehead atoms. The molecule has 1 aliphatic heterocycles. The lowest BCUT2D eigenvalue weighted by Crippen LogP contribution is -2.57. The average molecular weight is 398 g/mol. The van der Waals surface area contributed by atoms with Crippen LogP contribution < -0.4 is 15.4 Å². The van der Waals surface area contributed by atoms with Crippen LogP contribution in [0.1, 0.15) is 31.9 Å². The maximum atomic E-state index is 11.4. The molecule has 1 amide bonds. The second kappa shape index (κ2) is 9.65. The molecule has 1 heterocycles. The number of nitrogens with zero attached hydrogens (tertiary/aromatic N) is 2. The Morgan fingerprint density at radius 3 is 2.24 bits per heavy atom. The van der Waals surface area contributed by atoms with Gasteiger partial charge in [-0.3, -0.25) is 4.90 Å². The molecule has 1 saturated heterocycles. The number of benzene rings is 2. The van der Waals surface area contributed by atoms with Gasteiger partial charge in [-0.2, -0.15) is 0 Å². The summed E-state index contributed by atoms with van der Waals surface area (Å²) in [5.74, 6) is 0.870. The Morgan fingerprint density at radius 1 is 1.07 bits per heavy atom. The Morgan fingerprint density at radius 2 is 1.69 bits per heavy atom. The number of anilines is 1. The van der Waals surface area contributed by atoms with Gasteiger partial charge >= 0.3 is 6.09 Å². The van der Waals surface area contributed by atoms with E-state index in [0.717, 1.165) is 30.9 Å². The molecule has 6 heteroatoms. The zero-order valence-corrected chi connectivity index (χ0v) is 17.5. The Balaban J connectivity index is 1.63. The largest absolute Gasteiger partial charge is 0.497 e. The van der Waals surface area contributed by atoms with Crippen molar-refractivity contribution in [1.29, 1.82) is 0 Å². The summed E-state index contributed by atoms with van der Waals surface area (Å²) in [7, 11) is 1.68. The van der Waals surface area contributed by atoms with E-state index in [0.29, 0.717) is 18.5 Å². The van der Waals surface area contributed by atoms with Crippen LogP contribution in [0.3, 0.4) is 0 Å². The maximum Gasteiger partial charge on any atom is 0.405 e. The van der Waals surface area contributed by atoms with E-state index >= 15 is 0 Å². The van der Waals surface area contributed by atoms with Crippen molar-refractivity contribution in [3.63, 3.8) is 0 Å². The molecule has 0 aliphatic carbocycles. The summed E-state index contributed by atoms with van der Waals surface area (Å²) in [4.78, 5) is 16.3. The topological polar surface area (TPSA) is 68.0 Å². The van der Waals surface area contributed by atoms with Crippen molar-refractivity contribution in [3.8, 4) is 5.75 Å². The number of hydrogen-bond donors (Lipinski definition) is 1. The molecule has 2 aromatic rings. The van der Waals surface area contributed by atoms with Crippen LogP contribution in [-0.2, 0) is 4.74 Å². The molecule has 0 radical (unpaired) electrons. The molecule has 0 aromatic heterocycles. The number of nitrogens with two attached hydrogens (primary N) is 1. The molecule has 3 rings (SSSR count). The van der Waals surface area contributed by atoms with Crippen molar-refractivity contribution in [2.75, 3.05) is 31.6 Å². The van der Waals surface area contributed by atoms with Gasteiger partial charge in [0, 0.05) is 43.8 Å². The van der Waals surface area contributed by atoms with Gasteiger partial charge in [-0.05, 0) is 43.7 Å². The van der Waals surface area contributed by atoms with Crippen LogP contribution >= 0.6 is 0 Å². The van der Waals surface area contributed by atoms with E-state index in [1.807, 2.05) is 42.5 Å². The lowest BCUT2D eigenvalue weighted by Gasteiger charge is -2.45. The van der Waals surface area contributed by atoms with Crippen molar-refractivity contribution in [1.82, 2.24) is 4.90 Å². The Kier molecular flexibility index (Phi) is 6.99. The minimum atomic E-state index is -0.732. The van der Waals surface area contributed by atoms with Gasteiger partial charge in [-0.25, -0.2) is 4.79 Å². The molecule has 2 N–H and O–H groups in total. The van der Waals surface area contributed by atoms with Crippen molar-refractivity contribution in [3.05, 3.63) is 60.2 Å². The molecular weight excluding hydrogens is 366 g/mol. The number of amides is 1. The third-order valence-corrected chi connectivity index (χ3v) is 5.62. The quantitative estimate of drug-likeness (QED) is 0.769. The normalized spacial score (nSPS) is 20.9. The number of ether oxygens (including phenoxy) is 2. The molecule has 0 spiro atoms. The first-order valence-electron chi connectivity index (χ1n) is 10.1. The molecule has 1 aliphatic rings. The molecular formula is C23H31N3O3. The monoisotopic (exact) mass is 397 g/mol. The second-order valence-electron chi connectivity index (χ2n) is 7.66. The smallest absolute Gasteiger partial charge is 0.405 e. The number of piperazine rings is 1. The maximum absolute atomic E-state index is 11.4. The molecule has 156 valence electrons. The summed E-state index contributed by atoms with van der Waals surface area (Å²) in [6, 6.07) is 18.8. The summed E-state index contributed by atoms with van der Waals surface area (Å²) in [6.45, 7) is 7.23. The molecule has 1 fully saturated rings.